The number of hydrogen-bond donors (Lipinski definition) is 0. The predicted octanol–water partition coefficient (Wildman–Crippen LogP) is 13.9. The number of nitrogens with zero attached hydrogens (tertiary/aromatic N) is 4. The molecule has 10 aromatic rings. The van der Waals surface area contributed by atoms with Crippen molar-refractivity contribution in [2.75, 3.05) is 0 Å². The van der Waals surface area contributed by atoms with Crippen LogP contribution in [-0.4, -0.2) is 19.9 Å². The minimum Gasteiger partial charge on any atom is -0.248 e. The molecule has 1 aliphatic carbocycles. The van der Waals surface area contributed by atoms with Crippen LogP contribution in [0.1, 0.15) is 25.0 Å². The van der Waals surface area contributed by atoms with Crippen molar-refractivity contribution in [1.29, 1.82) is 0 Å². The minimum atomic E-state index is -0.119. The molecular formula is C55H38N4. The summed E-state index contributed by atoms with van der Waals surface area (Å²) in [6.45, 7) is 4.66. The second kappa shape index (κ2) is 13.8. The Morgan fingerprint density at radius 3 is 1.42 bits per heavy atom. The summed E-state index contributed by atoms with van der Waals surface area (Å²) in [6.07, 6.45) is 0. The highest BCUT2D eigenvalue weighted by atomic mass is 15.0. The van der Waals surface area contributed by atoms with Gasteiger partial charge in [0, 0.05) is 33.1 Å². The molecule has 0 amide bonds. The first-order valence-corrected chi connectivity index (χ1v) is 20.1. The second-order valence-corrected chi connectivity index (χ2v) is 15.8. The molecule has 0 radical (unpaired) electrons. The van der Waals surface area contributed by atoms with Gasteiger partial charge in [-0.2, -0.15) is 0 Å². The lowest BCUT2D eigenvalue weighted by Crippen LogP contribution is -2.14. The molecule has 2 aromatic heterocycles. The van der Waals surface area contributed by atoms with Crippen molar-refractivity contribution >= 4 is 21.7 Å². The number of rotatable bonds is 6. The molecule has 0 saturated carbocycles. The van der Waals surface area contributed by atoms with Crippen LogP contribution in [0.5, 0.6) is 0 Å². The van der Waals surface area contributed by atoms with Crippen LogP contribution in [0.25, 0.3) is 100 Å². The first-order chi connectivity index (χ1) is 29.0. The van der Waals surface area contributed by atoms with E-state index in [4.69, 9.17) is 19.9 Å². The van der Waals surface area contributed by atoms with Crippen molar-refractivity contribution in [3.05, 3.63) is 205 Å². The highest BCUT2D eigenvalue weighted by molar-refractivity contribution is 6.11. The lowest BCUT2D eigenvalue weighted by atomic mass is 9.82. The summed E-state index contributed by atoms with van der Waals surface area (Å²) in [6, 6.07) is 68.6. The number of fused-ring (bicyclic) bond motifs is 5. The quantitative estimate of drug-likeness (QED) is 0.170. The second-order valence-electron chi connectivity index (χ2n) is 15.8. The minimum absolute atomic E-state index is 0.119. The van der Waals surface area contributed by atoms with Gasteiger partial charge in [-0.05, 0) is 73.5 Å². The van der Waals surface area contributed by atoms with Crippen molar-refractivity contribution in [2.45, 2.75) is 19.3 Å². The van der Waals surface area contributed by atoms with Crippen LogP contribution >= 0.6 is 0 Å². The lowest BCUT2D eigenvalue weighted by molar-refractivity contribution is 0.661. The summed E-state index contributed by atoms with van der Waals surface area (Å²) in [5, 5.41) is 3.54. The van der Waals surface area contributed by atoms with Gasteiger partial charge < -0.3 is 0 Å². The molecule has 4 nitrogen and oxygen atoms in total. The van der Waals surface area contributed by atoms with Gasteiger partial charge in [0.2, 0.25) is 0 Å². The zero-order chi connectivity index (χ0) is 39.5. The molecule has 1 aliphatic rings. The van der Waals surface area contributed by atoms with Crippen molar-refractivity contribution in [3.8, 4) is 78.8 Å². The van der Waals surface area contributed by atoms with Crippen LogP contribution in [0.2, 0.25) is 0 Å². The van der Waals surface area contributed by atoms with Gasteiger partial charge in [-0.1, -0.05) is 190 Å². The molecule has 0 aliphatic heterocycles. The Balaban J connectivity index is 1.05. The van der Waals surface area contributed by atoms with Crippen molar-refractivity contribution < 1.29 is 0 Å². The van der Waals surface area contributed by atoms with Crippen molar-refractivity contribution in [3.63, 3.8) is 0 Å². The van der Waals surface area contributed by atoms with Gasteiger partial charge in [0.15, 0.2) is 17.5 Å². The number of benzene rings is 8. The number of pyridine rings is 1. The SMILES string of the molecule is CC1(C)c2ccccc2-c2cc3c(-c4ccc(-c5ccc(-c6nc(-c7ccccc7)nc(-c7ccccc7)n6)cc5)c5ccccc45)cc(-c4ccccc4)nc3cc21. The van der Waals surface area contributed by atoms with E-state index in [1.165, 1.54) is 49.7 Å². The van der Waals surface area contributed by atoms with Crippen LogP contribution in [0.15, 0.2) is 194 Å². The molecule has 0 unspecified atom stereocenters. The fraction of sp³-hybridized carbons (Fsp3) is 0.0545. The summed E-state index contributed by atoms with van der Waals surface area (Å²) in [7, 11) is 0. The van der Waals surface area contributed by atoms with Crippen molar-refractivity contribution in [2.24, 2.45) is 0 Å². The molecule has 59 heavy (non-hydrogen) atoms. The van der Waals surface area contributed by atoms with Gasteiger partial charge in [-0.3, -0.25) is 0 Å². The fourth-order valence-electron chi connectivity index (χ4n) is 8.92. The topological polar surface area (TPSA) is 51.6 Å². The van der Waals surface area contributed by atoms with Gasteiger partial charge >= 0.3 is 0 Å². The van der Waals surface area contributed by atoms with E-state index in [1.54, 1.807) is 0 Å². The standard InChI is InChI=1S/C55H38N4/c1-55(2)48-25-15-14-24-44(48)46-32-47-45(33-50(36-16-6-3-7-17-36)56-51(47)34-49(46)55)43-31-30-40(41-22-12-13-23-42(41)43)35-26-28-39(29-27-35)54-58-52(37-18-8-4-9-19-37)57-53(59-54)38-20-10-5-11-21-38/h3-34H,1-2H3. The van der Waals surface area contributed by atoms with Crippen LogP contribution in [0, 0.1) is 0 Å². The molecule has 0 fully saturated rings. The van der Waals surface area contributed by atoms with Crippen LogP contribution in [-0.2, 0) is 5.41 Å². The molecule has 0 atom stereocenters. The van der Waals surface area contributed by atoms with Crippen LogP contribution < -0.4 is 0 Å². The van der Waals surface area contributed by atoms with E-state index in [0.29, 0.717) is 17.5 Å². The number of aromatic nitrogens is 4. The molecule has 11 rings (SSSR count). The Bertz CT molecular complexity index is 3150. The van der Waals surface area contributed by atoms with Crippen LogP contribution in [0.3, 0.4) is 0 Å². The Labute approximate surface area is 343 Å². The highest BCUT2D eigenvalue weighted by Crippen LogP contribution is 2.51. The fourth-order valence-corrected chi connectivity index (χ4v) is 8.92. The summed E-state index contributed by atoms with van der Waals surface area (Å²) in [4.78, 5) is 20.2. The predicted molar refractivity (Wildman–Crippen MR) is 243 cm³/mol. The van der Waals surface area contributed by atoms with E-state index in [-0.39, 0.29) is 5.41 Å². The average molecular weight is 755 g/mol. The van der Waals surface area contributed by atoms with E-state index in [9.17, 15) is 0 Å². The molecule has 0 bridgehead atoms. The molecule has 2 heterocycles. The summed E-state index contributed by atoms with van der Waals surface area (Å²) < 4.78 is 0. The monoisotopic (exact) mass is 754 g/mol. The Kier molecular flexibility index (Phi) is 8.12. The summed E-state index contributed by atoms with van der Waals surface area (Å²) >= 11 is 0. The van der Waals surface area contributed by atoms with E-state index in [0.717, 1.165) is 44.4 Å². The molecule has 4 heteroatoms. The zero-order valence-corrected chi connectivity index (χ0v) is 32.8. The van der Waals surface area contributed by atoms with Crippen molar-refractivity contribution in [1.82, 2.24) is 19.9 Å². The maximum Gasteiger partial charge on any atom is 0.164 e. The van der Waals surface area contributed by atoms with Gasteiger partial charge in [-0.15, -0.1) is 0 Å². The normalized spacial score (nSPS) is 12.7. The Morgan fingerprint density at radius 1 is 0.305 bits per heavy atom. The summed E-state index contributed by atoms with van der Waals surface area (Å²) in [5.41, 5.74) is 15.7. The maximum atomic E-state index is 5.35. The zero-order valence-electron chi connectivity index (χ0n) is 32.8. The van der Waals surface area contributed by atoms with Gasteiger partial charge in [0.1, 0.15) is 0 Å². The first-order valence-electron chi connectivity index (χ1n) is 20.1. The third-order valence-electron chi connectivity index (χ3n) is 11.9. The Morgan fingerprint density at radius 2 is 0.797 bits per heavy atom. The van der Waals surface area contributed by atoms with Crippen LogP contribution in [0.4, 0.5) is 0 Å². The van der Waals surface area contributed by atoms with E-state index < -0.39 is 0 Å². The third-order valence-corrected chi connectivity index (χ3v) is 11.9. The Hall–Kier alpha value is -7.56. The molecule has 8 aromatic carbocycles. The van der Waals surface area contributed by atoms with Gasteiger partial charge in [0.05, 0.1) is 11.2 Å². The highest BCUT2D eigenvalue weighted by Gasteiger charge is 2.36. The summed E-state index contributed by atoms with van der Waals surface area (Å²) in [5.74, 6) is 1.94. The van der Waals surface area contributed by atoms with Gasteiger partial charge in [0.25, 0.3) is 0 Å². The van der Waals surface area contributed by atoms with E-state index >= 15 is 0 Å². The van der Waals surface area contributed by atoms with E-state index in [2.05, 4.69) is 147 Å². The number of hydrogen-bond acceptors (Lipinski definition) is 4. The largest absolute Gasteiger partial charge is 0.248 e. The third kappa shape index (κ3) is 5.92. The smallest absolute Gasteiger partial charge is 0.164 e. The maximum absolute atomic E-state index is 5.35. The van der Waals surface area contributed by atoms with E-state index in [1.807, 2.05) is 60.7 Å². The lowest BCUT2D eigenvalue weighted by Gasteiger charge is -2.22. The average Bonchev–Trinajstić information content (AvgIpc) is 3.53. The molecular weight excluding hydrogens is 717 g/mol. The molecule has 278 valence electrons. The van der Waals surface area contributed by atoms with Gasteiger partial charge in [-0.25, -0.2) is 19.9 Å². The molecule has 0 spiro atoms. The first kappa shape index (κ1) is 34.7. The molecule has 0 N–H and O–H groups in total. The molecule has 0 saturated heterocycles.